The molecule has 1 fully saturated rings. The van der Waals surface area contributed by atoms with Gasteiger partial charge in [-0.3, -0.25) is 15.5 Å². The van der Waals surface area contributed by atoms with E-state index < -0.39 is 35.2 Å². The van der Waals surface area contributed by atoms with Gasteiger partial charge in [-0.25, -0.2) is 28.7 Å². The first-order valence-electron chi connectivity index (χ1n) is 15.8. The van der Waals surface area contributed by atoms with Crippen molar-refractivity contribution in [3.63, 3.8) is 0 Å². The Morgan fingerprint density at radius 2 is 1.75 bits per heavy atom. The highest BCUT2D eigenvalue weighted by Gasteiger charge is 2.33. The minimum atomic E-state index is -0.876. The molecule has 14 heteroatoms. The minimum Gasteiger partial charge on any atom is -0.474 e. The fraction of sp³-hybridized carbons (Fsp3) is 0.471. The van der Waals surface area contributed by atoms with E-state index >= 15 is 4.39 Å². The van der Waals surface area contributed by atoms with Gasteiger partial charge in [-0.2, -0.15) is 5.26 Å². The third-order valence-electron chi connectivity index (χ3n) is 7.78. The van der Waals surface area contributed by atoms with Crippen LogP contribution in [0.3, 0.4) is 0 Å². The van der Waals surface area contributed by atoms with Crippen molar-refractivity contribution < 1.29 is 33.0 Å². The smallest absolute Gasteiger partial charge is 0.415 e. The molecule has 1 aromatic carbocycles. The number of amides is 4. The number of aromatic nitrogens is 2. The molecule has 3 aromatic rings. The molecule has 1 saturated carbocycles. The van der Waals surface area contributed by atoms with Crippen molar-refractivity contribution in [1.29, 1.82) is 5.26 Å². The lowest BCUT2D eigenvalue weighted by molar-refractivity contribution is 0.0564. The van der Waals surface area contributed by atoms with E-state index in [1.54, 1.807) is 60.6 Å². The molecule has 2 atom stereocenters. The Morgan fingerprint density at radius 1 is 1.02 bits per heavy atom. The Bertz CT molecular complexity index is 1810. The molecule has 2 aliphatic rings. The molecule has 0 radical (unpaired) electrons. The van der Waals surface area contributed by atoms with Gasteiger partial charge in [-0.1, -0.05) is 0 Å². The van der Waals surface area contributed by atoms with E-state index in [0.29, 0.717) is 35.0 Å². The van der Waals surface area contributed by atoms with Crippen LogP contribution in [0.1, 0.15) is 66.4 Å². The molecule has 2 unspecified atom stereocenters. The van der Waals surface area contributed by atoms with Crippen LogP contribution in [0.4, 0.5) is 36.0 Å². The van der Waals surface area contributed by atoms with Crippen LogP contribution in [0.25, 0.3) is 21.9 Å². The Hall–Kier alpha value is -5.19. The second-order valence-corrected chi connectivity index (χ2v) is 13.9. The molecular weight excluding hydrogens is 621 g/mol. The van der Waals surface area contributed by atoms with Crippen molar-refractivity contribution in [2.24, 2.45) is 5.92 Å². The van der Waals surface area contributed by atoms with Crippen LogP contribution in [-0.4, -0.2) is 58.6 Å². The van der Waals surface area contributed by atoms with E-state index in [2.05, 4.69) is 32.0 Å². The Labute approximate surface area is 278 Å². The van der Waals surface area contributed by atoms with Crippen molar-refractivity contribution >= 4 is 46.2 Å². The summed E-state index contributed by atoms with van der Waals surface area (Å²) >= 11 is 0. The summed E-state index contributed by atoms with van der Waals surface area (Å²) in [5.41, 5.74) is -0.574. The first-order chi connectivity index (χ1) is 22.5. The van der Waals surface area contributed by atoms with Crippen molar-refractivity contribution in [2.45, 2.75) is 85.0 Å². The first-order valence-corrected chi connectivity index (χ1v) is 15.8. The molecule has 2 aromatic heterocycles. The van der Waals surface area contributed by atoms with E-state index in [0.717, 1.165) is 6.42 Å². The van der Waals surface area contributed by atoms with Crippen LogP contribution >= 0.6 is 0 Å². The van der Waals surface area contributed by atoms with Gasteiger partial charge in [-0.15, -0.1) is 0 Å². The van der Waals surface area contributed by atoms with Crippen LogP contribution in [-0.2, 0) is 9.47 Å². The molecule has 3 N–H and O–H groups in total. The third-order valence-corrected chi connectivity index (χ3v) is 7.78. The van der Waals surface area contributed by atoms with Crippen LogP contribution < -0.4 is 25.6 Å². The maximum atomic E-state index is 16.6. The molecular formula is C34H40FN7O6. The summed E-state index contributed by atoms with van der Waals surface area (Å²) in [6.45, 7) is 12.5. The highest BCUT2D eigenvalue weighted by atomic mass is 19.1. The lowest BCUT2D eigenvalue weighted by Crippen LogP contribution is -2.42. The number of nitrogens with one attached hydrogen (secondary N) is 3. The number of anilines is 3. The monoisotopic (exact) mass is 661 g/mol. The van der Waals surface area contributed by atoms with Crippen LogP contribution in [0.2, 0.25) is 0 Å². The number of halogens is 1. The lowest BCUT2D eigenvalue weighted by Gasteiger charge is -2.32. The molecule has 5 rings (SSSR count). The summed E-state index contributed by atoms with van der Waals surface area (Å²) in [5, 5.41) is 18.0. The number of hydrogen-bond donors (Lipinski definition) is 3. The molecule has 13 nitrogen and oxygen atoms in total. The van der Waals surface area contributed by atoms with Gasteiger partial charge < -0.3 is 19.5 Å². The zero-order chi connectivity index (χ0) is 35.0. The largest absolute Gasteiger partial charge is 0.474 e. The molecule has 0 saturated heterocycles. The summed E-state index contributed by atoms with van der Waals surface area (Å²) in [6, 6.07) is 4.73. The fourth-order valence-corrected chi connectivity index (χ4v) is 5.74. The van der Waals surface area contributed by atoms with Gasteiger partial charge >= 0.3 is 18.2 Å². The standard InChI is InChI=1S/C34H40FN7O6/c1-18-23(16-38-29-28(18)42(10-11-46-29)32(45)48-34(5,6)7)22-13-20-14-25(40-30(43)39-21-9-8-19(12-21)15-36)37-17-24(20)27(26(22)35)41-31(44)47-33(2,3)4/h13-14,16-17,19,21H,8-12H2,1-7H3,(H,41,44)(H2,37,39,40,43). The van der Waals surface area contributed by atoms with Gasteiger partial charge in [0, 0.05) is 40.9 Å². The summed E-state index contributed by atoms with van der Waals surface area (Å²) < 4.78 is 33.4. The van der Waals surface area contributed by atoms with Crippen LogP contribution in [0, 0.1) is 30.0 Å². The Kier molecular flexibility index (Phi) is 9.35. The summed E-state index contributed by atoms with van der Waals surface area (Å²) in [6.07, 6.45) is 3.31. The maximum absolute atomic E-state index is 16.6. The number of hydrogen-bond acceptors (Lipinski definition) is 9. The van der Waals surface area contributed by atoms with Crippen molar-refractivity contribution in [2.75, 3.05) is 28.7 Å². The van der Waals surface area contributed by atoms with E-state index in [-0.39, 0.29) is 53.4 Å². The molecule has 1 aliphatic heterocycles. The number of carbonyl (C=O) groups is 3. The van der Waals surface area contributed by atoms with Crippen molar-refractivity contribution in [3.05, 3.63) is 35.9 Å². The number of nitrogens with zero attached hydrogens (tertiary/aromatic N) is 4. The predicted octanol–water partition coefficient (Wildman–Crippen LogP) is 7.04. The van der Waals surface area contributed by atoms with Gasteiger partial charge in [0.2, 0.25) is 5.88 Å². The van der Waals surface area contributed by atoms with E-state index in [1.807, 2.05) is 0 Å². The topological polar surface area (TPSA) is 168 Å². The Morgan fingerprint density at radius 3 is 2.42 bits per heavy atom. The third kappa shape index (κ3) is 7.67. The molecule has 48 heavy (non-hydrogen) atoms. The number of rotatable bonds is 4. The average molecular weight is 662 g/mol. The Balaban J connectivity index is 1.57. The van der Waals surface area contributed by atoms with Crippen molar-refractivity contribution in [1.82, 2.24) is 15.3 Å². The molecule has 254 valence electrons. The highest BCUT2D eigenvalue weighted by molar-refractivity contribution is 6.05. The van der Waals surface area contributed by atoms with Gasteiger partial charge in [-0.05, 0) is 90.8 Å². The molecule has 3 heterocycles. The number of fused-ring (bicyclic) bond motifs is 2. The maximum Gasteiger partial charge on any atom is 0.415 e. The quantitative estimate of drug-likeness (QED) is 0.266. The lowest BCUT2D eigenvalue weighted by atomic mass is 9.96. The van der Waals surface area contributed by atoms with Gasteiger partial charge in [0.05, 0.1) is 18.3 Å². The number of ether oxygens (including phenoxy) is 3. The summed E-state index contributed by atoms with van der Waals surface area (Å²) in [7, 11) is 0. The first kappa shape index (κ1) is 34.2. The molecule has 0 bridgehead atoms. The zero-order valence-electron chi connectivity index (χ0n) is 28.1. The molecule has 4 amide bonds. The number of pyridine rings is 2. The van der Waals surface area contributed by atoms with Gasteiger partial charge in [0.15, 0.2) is 5.82 Å². The number of nitriles is 1. The van der Waals surface area contributed by atoms with Crippen molar-refractivity contribution in [3.8, 4) is 23.1 Å². The number of carbonyl (C=O) groups excluding carboxylic acids is 3. The number of urea groups is 1. The summed E-state index contributed by atoms with van der Waals surface area (Å²) in [5.74, 6) is -0.498. The second kappa shape index (κ2) is 13.1. The van der Waals surface area contributed by atoms with E-state index in [1.165, 1.54) is 17.3 Å². The minimum absolute atomic E-state index is 0.0613. The number of benzene rings is 1. The second-order valence-electron chi connectivity index (χ2n) is 13.9. The average Bonchev–Trinajstić information content (AvgIpc) is 3.44. The van der Waals surface area contributed by atoms with E-state index in [4.69, 9.17) is 14.2 Å². The molecule has 0 spiro atoms. The van der Waals surface area contributed by atoms with Gasteiger partial charge in [0.1, 0.15) is 29.3 Å². The molecule has 1 aliphatic carbocycles. The predicted molar refractivity (Wildman–Crippen MR) is 177 cm³/mol. The SMILES string of the molecule is Cc1c(-c2cc3cc(NC(=O)NC4CCC(C#N)C4)ncc3c(NC(=O)OC(C)(C)C)c2F)cnc2c1N(C(=O)OC(C)(C)C)CCO2. The van der Waals surface area contributed by atoms with E-state index in [9.17, 15) is 19.6 Å². The fourth-order valence-electron chi connectivity index (χ4n) is 5.74. The zero-order valence-corrected chi connectivity index (χ0v) is 28.1. The highest BCUT2D eigenvalue weighted by Crippen LogP contribution is 2.42. The van der Waals surface area contributed by atoms with Gasteiger partial charge in [0.25, 0.3) is 0 Å². The van der Waals surface area contributed by atoms with Crippen LogP contribution in [0.15, 0.2) is 24.5 Å². The normalized spacial score (nSPS) is 17.5. The van der Waals surface area contributed by atoms with Crippen LogP contribution in [0.5, 0.6) is 5.88 Å². The summed E-state index contributed by atoms with van der Waals surface area (Å²) in [4.78, 5) is 49.0.